The van der Waals surface area contributed by atoms with E-state index in [9.17, 15) is 5.11 Å². The van der Waals surface area contributed by atoms with Crippen LogP contribution < -0.4 is 4.74 Å². The van der Waals surface area contributed by atoms with Gasteiger partial charge < -0.3 is 9.84 Å². The molecular formula is C17H28O2. The number of aliphatic hydroxyl groups excluding tert-OH is 1. The van der Waals surface area contributed by atoms with Crippen LogP contribution in [0.1, 0.15) is 68.2 Å². The monoisotopic (exact) mass is 264 g/mol. The first-order valence-electron chi connectivity index (χ1n) is 7.44. The summed E-state index contributed by atoms with van der Waals surface area (Å²) in [5, 5.41) is 10.3. The van der Waals surface area contributed by atoms with Crippen molar-refractivity contribution >= 4 is 0 Å². The van der Waals surface area contributed by atoms with Crippen LogP contribution in [0.3, 0.4) is 0 Å². The summed E-state index contributed by atoms with van der Waals surface area (Å²) in [4.78, 5) is 0. The highest BCUT2D eigenvalue weighted by Gasteiger charge is 2.15. The molecule has 0 aliphatic rings. The van der Waals surface area contributed by atoms with E-state index in [1.165, 1.54) is 31.2 Å². The first-order valence-corrected chi connectivity index (χ1v) is 7.44. The molecule has 1 atom stereocenters. The molecule has 1 aromatic carbocycles. The summed E-state index contributed by atoms with van der Waals surface area (Å²) in [5.41, 5.74) is 3.27. The van der Waals surface area contributed by atoms with E-state index in [1.807, 2.05) is 13.0 Å². The third kappa shape index (κ3) is 4.54. The lowest BCUT2D eigenvalue weighted by Gasteiger charge is -2.18. The summed E-state index contributed by atoms with van der Waals surface area (Å²) in [6.45, 7) is 6.33. The second-order valence-electron chi connectivity index (χ2n) is 5.35. The zero-order valence-electron chi connectivity index (χ0n) is 12.8. The Kier molecular flexibility index (Phi) is 6.93. The quantitative estimate of drug-likeness (QED) is 0.689. The molecule has 2 heteroatoms. The molecule has 0 amide bonds. The number of hydrogen-bond donors (Lipinski definition) is 1. The minimum absolute atomic E-state index is 0.407. The number of aliphatic hydroxyl groups is 1. The SMILES string of the molecule is CCCCCCCC(O)c1ccc(C)c(C)c1OC. The van der Waals surface area contributed by atoms with Crippen molar-refractivity contribution in [3.05, 3.63) is 28.8 Å². The van der Waals surface area contributed by atoms with Crippen LogP contribution in [-0.4, -0.2) is 12.2 Å². The highest BCUT2D eigenvalue weighted by molar-refractivity contribution is 5.46. The molecule has 0 saturated carbocycles. The molecule has 2 nitrogen and oxygen atoms in total. The standard InChI is InChI=1S/C17H28O2/c1-5-6-7-8-9-10-16(18)15-12-11-13(2)14(3)17(15)19-4/h11-12,16,18H,5-10H2,1-4H3. The molecule has 0 aliphatic heterocycles. The minimum Gasteiger partial charge on any atom is -0.496 e. The molecule has 19 heavy (non-hydrogen) atoms. The van der Waals surface area contributed by atoms with E-state index in [4.69, 9.17) is 4.74 Å². The number of methoxy groups -OCH3 is 1. The lowest BCUT2D eigenvalue weighted by Crippen LogP contribution is -2.03. The molecule has 108 valence electrons. The van der Waals surface area contributed by atoms with Crippen molar-refractivity contribution in [1.82, 2.24) is 0 Å². The Bertz CT molecular complexity index is 385. The van der Waals surface area contributed by atoms with Gasteiger partial charge in [0.25, 0.3) is 0 Å². The second-order valence-corrected chi connectivity index (χ2v) is 5.35. The molecule has 0 bridgehead atoms. The maximum atomic E-state index is 10.3. The Morgan fingerprint density at radius 1 is 1.11 bits per heavy atom. The largest absolute Gasteiger partial charge is 0.496 e. The lowest BCUT2D eigenvalue weighted by atomic mass is 9.97. The third-order valence-electron chi connectivity index (χ3n) is 3.85. The average Bonchev–Trinajstić information content (AvgIpc) is 2.41. The molecule has 0 aliphatic carbocycles. The first-order chi connectivity index (χ1) is 9.11. The summed E-state index contributed by atoms with van der Waals surface area (Å²) >= 11 is 0. The molecule has 1 rings (SSSR count). The van der Waals surface area contributed by atoms with Crippen molar-refractivity contribution in [3.8, 4) is 5.75 Å². The predicted molar refractivity (Wildman–Crippen MR) is 80.8 cm³/mol. The van der Waals surface area contributed by atoms with Crippen LogP contribution in [0.4, 0.5) is 0 Å². The molecule has 0 radical (unpaired) electrons. The number of aryl methyl sites for hydroxylation is 1. The van der Waals surface area contributed by atoms with Crippen LogP contribution in [0.15, 0.2) is 12.1 Å². The fourth-order valence-electron chi connectivity index (χ4n) is 2.44. The number of rotatable bonds is 8. The van der Waals surface area contributed by atoms with Gasteiger partial charge in [-0.25, -0.2) is 0 Å². The molecule has 1 aromatic rings. The molecule has 0 heterocycles. The molecule has 0 fully saturated rings. The Morgan fingerprint density at radius 3 is 2.42 bits per heavy atom. The van der Waals surface area contributed by atoms with Gasteiger partial charge in [0, 0.05) is 5.56 Å². The van der Waals surface area contributed by atoms with Gasteiger partial charge >= 0.3 is 0 Å². The fourth-order valence-corrected chi connectivity index (χ4v) is 2.44. The zero-order valence-corrected chi connectivity index (χ0v) is 12.8. The molecule has 1 N–H and O–H groups in total. The maximum Gasteiger partial charge on any atom is 0.127 e. The van der Waals surface area contributed by atoms with Crippen molar-refractivity contribution in [3.63, 3.8) is 0 Å². The van der Waals surface area contributed by atoms with Crippen LogP contribution >= 0.6 is 0 Å². The van der Waals surface area contributed by atoms with Gasteiger partial charge in [-0.2, -0.15) is 0 Å². The van der Waals surface area contributed by atoms with Crippen LogP contribution in [0.5, 0.6) is 5.75 Å². The summed E-state index contributed by atoms with van der Waals surface area (Å²) in [7, 11) is 1.68. The Balaban J connectivity index is 2.61. The molecule has 0 saturated heterocycles. The van der Waals surface area contributed by atoms with Crippen LogP contribution in [0.2, 0.25) is 0 Å². The van der Waals surface area contributed by atoms with E-state index >= 15 is 0 Å². The second kappa shape index (κ2) is 8.21. The van der Waals surface area contributed by atoms with Crippen LogP contribution in [0.25, 0.3) is 0 Å². The van der Waals surface area contributed by atoms with Gasteiger partial charge in [-0.1, -0.05) is 51.2 Å². The topological polar surface area (TPSA) is 29.5 Å². The van der Waals surface area contributed by atoms with E-state index in [1.54, 1.807) is 7.11 Å². The highest BCUT2D eigenvalue weighted by atomic mass is 16.5. The maximum absolute atomic E-state index is 10.3. The van der Waals surface area contributed by atoms with E-state index in [2.05, 4.69) is 19.9 Å². The summed E-state index contributed by atoms with van der Waals surface area (Å²) in [6.07, 6.45) is 6.53. The normalized spacial score (nSPS) is 12.5. The van der Waals surface area contributed by atoms with Gasteiger partial charge in [0.05, 0.1) is 13.2 Å². The van der Waals surface area contributed by atoms with Gasteiger partial charge in [0.1, 0.15) is 5.75 Å². The van der Waals surface area contributed by atoms with Crippen molar-refractivity contribution in [2.75, 3.05) is 7.11 Å². The molecule has 1 unspecified atom stereocenters. The van der Waals surface area contributed by atoms with Crippen molar-refractivity contribution < 1.29 is 9.84 Å². The molecule has 0 spiro atoms. The van der Waals surface area contributed by atoms with Gasteiger partial charge in [-0.15, -0.1) is 0 Å². The average molecular weight is 264 g/mol. The Morgan fingerprint density at radius 2 is 1.79 bits per heavy atom. The highest BCUT2D eigenvalue weighted by Crippen LogP contribution is 2.33. The van der Waals surface area contributed by atoms with Gasteiger partial charge in [-0.05, 0) is 31.4 Å². The van der Waals surface area contributed by atoms with Gasteiger partial charge in [0.2, 0.25) is 0 Å². The van der Waals surface area contributed by atoms with Crippen LogP contribution in [0, 0.1) is 13.8 Å². The van der Waals surface area contributed by atoms with Crippen molar-refractivity contribution in [2.45, 2.75) is 65.4 Å². The van der Waals surface area contributed by atoms with E-state index in [0.717, 1.165) is 29.7 Å². The molecular weight excluding hydrogens is 236 g/mol. The minimum atomic E-state index is -0.407. The summed E-state index contributed by atoms with van der Waals surface area (Å²) in [6, 6.07) is 4.06. The number of unbranched alkanes of at least 4 members (excludes halogenated alkanes) is 4. The number of benzene rings is 1. The smallest absolute Gasteiger partial charge is 0.127 e. The van der Waals surface area contributed by atoms with Gasteiger partial charge in [0.15, 0.2) is 0 Å². The summed E-state index contributed by atoms with van der Waals surface area (Å²) in [5.74, 6) is 0.848. The third-order valence-corrected chi connectivity index (χ3v) is 3.85. The summed E-state index contributed by atoms with van der Waals surface area (Å²) < 4.78 is 5.46. The predicted octanol–water partition coefficient (Wildman–Crippen LogP) is 4.71. The zero-order chi connectivity index (χ0) is 14.3. The number of ether oxygens (including phenoxy) is 1. The Labute approximate surface area is 117 Å². The van der Waals surface area contributed by atoms with Crippen molar-refractivity contribution in [1.29, 1.82) is 0 Å². The van der Waals surface area contributed by atoms with E-state index in [0.29, 0.717) is 0 Å². The lowest BCUT2D eigenvalue weighted by molar-refractivity contribution is 0.159. The first kappa shape index (κ1) is 16.0. The fraction of sp³-hybridized carbons (Fsp3) is 0.647. The van der Waals surface area contributed by atoms with E-state index < -0.39 is 6.10 Å². The Hall–Kier alpha value is -1.02. The van der Waals surface area contributed by atoms with Crippen molar-refractivity contribution in [2.24, 2.45) is 0 Å². The van der Waals surface area contributed by atoms with Crippen LogP contribution in [-0.2, 0) is 0 Å². The van der Waals surface area contributed by atoms with Gasteiger partial charge in [-0.3, -0.25) is 0 Å². The number of hydrogen-bond acceptors (Lipinski definition) is 2. The van der Waals surface area contributed by atoms with E-state index in [-0.39, 0.29) is 0 Å². The molecule has 0 aromatic heterocycles.